The van der Waals surface area contributed by atoms with Gasteiger partial charge in [0.25, 0.3) is 0 Å². The fourth-order valence-electron chi connectivity index (χ4n) is 1.57. The molecule has 0 saturated carbocycles. The van der Waals surface area contributed by atoms with Crippen LogP contribution in [0.3, 0.4) is 0 Å². The maximum absolute atomic E-state index is 11.5. The molecule has 0 unspecified atom stereocenters. The zero-order chi connectivity index (χ0) is 13.7. The molecular weight excluding hydrogens is 262 g/mol. The number of benzene rings is 2. The van der Waals surface area contributed by atoms with E-state index in [0.29, 0.717) is 12.4 Å². The summed E-state index contributed by atoms with van der Waals surface area (Å²) in [5.41, 5.74) is 1.06. The van der Waals surface area contributed by atoms with E-state index in [1.54, 1.807) is 12.1 Å². The largest absolute Gasteiger partial charge is 0.489 e. The summed E-state index contributed by atoms with van der Waals surface area (Å²) in [5, 5.41) is 0. The van der Waals surface area contributed by atoms with E-state index in [4.69, 9.17) is 4.74 Å². The predicted octanol–water partition coefficient (Wildman–Crippen LogP) is 2.17. The molecular formula is C14H15NO3S. The van der Waals surface area contributed by atoms with E-state index < -0.39 is 10.0 Å². The summed E-state index contributed by atoms with van der Waals surface area (Å²) in [4.78, 5) is 0.224. The van der Waals surface area contributed by atoms with Crippen LogP contribution in [0.5, 0.6) is 5.75 Å². The van der Waals surface area contributed by atoms with Crippen LogP contribution in [-0.4, -0.2) is 15.5 Å². The van der Waals surface area contributed by atoms with Crippen molar-refractivity contribution >= 4 is 10.0 Å². The minimum Gasteiger partial charge on any atom is -0.489 e. The van der Waals surface area contributed by atoms with Crippen LogP contribution in [0, 0.1) is 0 Å². The minimum atomic E-state index is -3.39. The number of rotatable bonds is 5. The van der Waals surface area contributed by atoms with E-state index >= 15 is 0 Å². The minimum absolute atomic E-state index is 0.224. The first-order chi connectivity index (χ1) is 9.12. The Morgan fingerprint density at radius 2 is 1.63 bits per heavy atom. The monoisotopic (exact) mass is 277 g/mol. The second-order valence-electron chi connectivity index (χ2n) is 3.95. The number of hydrogen-bond donors (Lipinski definition) is 1. The van der Waals surface area contributed by atoms with Crippen molar-refractivity contribution in [3.63, 3.8) is 0 Å². The van der Waals surface area contributed by atoms with E-state index in [1.165, 1.54) is 19.2 Å². The van der Waals surface area contributed by atoms with Gasteiger partial charge in [-0.15, -0.1) is 0 Å². The van der Waals surface area contributed by atoms with Gasteiger partial charge in [0.05, 0.1) is 4.90 Å². The van der Waals surface area contributed by atoms with E-state index in [0.717, 1.165) is 5.56 Å². The summed E-state index contributed by atoms with van der Waals surface area (Å²) in [7, 11) is -2.00. The Bertz CT molecular complexity index is 622. The van der Waals surface area contributed by atoms with Gasteiger partial charge in [0.2, 0.25) is 10.0 Å². The molecule has 1 N–H and O–H groups in total. The van der Waals surface area contributed by atoms with Gasteiger partial charge >= 0.3 is 0 Å². The third kappa shape index (κ3) is 3.56. The lowest BCUT2D eigenvalue weighted by Crippen LogP contribution is -2.18. The first-order valence-corrected chi connectivity index (χ1v) is 7.30. The van der Waals surface area contributed by atoms with Crippen molar-refractivity contribution < 1.29 is 13.2 Å². The van der Waals surface area contributed by atoms with Crippen molar-refractivity contribution in [1.82, 2.24) is 4.72 Å². The molecule has 0 heterocycles. The number of ether oxygens (including phenoxy) is 1. The van der Waals surface area contributed by atoms with E-state index in [-0.39, 0.29) is 4.90 Å². The summed E-state index contributed by atoms with van der Waals surface area (Å²) in [5.74, 6) is 0.638. The average Bonchev–Trinajstić information content (AvgIpc) is 2.47. The average molecular weight is 277 g/mol. The molecule has 0 aromatic heterocycles. The van der Waals surface area contributed by atoms with Crippen molar-refractivity contribution in [1.29, 1.82) is 0 Å². The molecule has 2 aromatic carbocycles. The Hall–Kier alpha value is -1.85. The van der Waals surface area contributed by atoms with E-state index in [1.807, 2.05) is 30.3 Å². The fourth-order valence-corrected chi connectivity index (χ4v) is 2.30. The smallest absolute Gasteiger partial charge is 0.240 e. The number of nitrogens with one attached hydrogen (secondary N) is 1. The van der Waals surface area contributed by atoms with Crippen molar-refractivity contribution in [2.45, 2.75) is 11.5 Å². The highest BCUT2D eigenvalue weighted by Crippen LogP contribution is 2.16. The Balaban J connectivity index is 2.04. The van der Waals surface area contributed by atoms with Crippen molar-refractivity contribution in [3.8, 4) is 5.75 Å². The van der Waals surface area contributed by atoms with Gasteiger partial charge in [-0.05, 0) is 36.9 Å². The van der Waals surface area contributed by atoms with Crippen molar-refractivity contribution in [2.75, 3.05) is 7.05 Å². The molecule has 0 spiro atoms. The highest BCUT2D eigenvalue weighted by molar-refractivity contribution is 7.89. The molecule has 0 atom stereocenters. The van der Waals surface area contributed by atoms with Gasteiger partial charge in [0.15, 0.2) is 0 Å². The van der Waals surface area contributed by atoms with Crippen molar-refractivity contribution in [2.24, 2.45) is 0 Å². The van der Waals surface area contributed by atoms with Gasteiger partial charge in [0, 0.05) is 0 Å². The Morgan fingerprint density at radius 3 is 2.21 bits per heavy atom. The number of sulfonamides is 1. The van der Waals surface area contributed by atoms with Crippen LogP contribution in [0.4, 0.5) is 0 Å². The zero-order valence-electron chi connectivity index (χ0n) is 10.5. The van der Waals surface area contributed by atoms with Crippen LogP contribution in [0.2, 0.25) is 0 Å². The normalized spacial score (nSPS) is 11.2. The molecule has 4 nitrogen and oxygen atoms in total. The first kappa shape index (κ1) is 13.6. The lowest BCUT2D eigenvalue weighted by atomic mass is 10.2. The molecule has 2 rings (SSSR count). The summed E-state index contributed by atoms with van der Waals surface area (Å²) < 4.78 is 30.9. The molecule has 0 saturated heterocycles. The van der Waals surface area contributed by atoms with Gasteiger partial charge in [0.1, 0.15) is 12.4 Å². The molecule has 0 fully saturated rings. The molecule has 2 aromatic rings. The van der Waals surface area contributed by atoms with E-state index in [2.05, 4.69) is 4.72 Å². The first-order valence-electron chi connectivity index (χ1n) is 5.82. The SMILES string of the molecule is CNS(=O)(=O)c1ccc(OCc2ccccc2)cc1. The van der Waals surface area contributed by atoms with Crippen LogP contribution in [0.1, 0.15) is 5.56 Å². The summed E-state index contributed by atoms with van der Waals surface area (Å²) in [6, 6.07) is 16.1. The van der Waals surface area contributed by atoms with Crippen LogP contribution in [0.15, 0.2) is 59.5 Å². The molecule has 0 radical (unpaired) electrons. The highest BCUT2D eigenvalue weighted by atomic mass is 32.2. The van der Waals surface area contributed by atoms with Gasteiger partial charge in [-0.3, -0.25) is 0 Å². The molecule has 19 heavy (non-hydrogen) atoms. The molecule has 0 aliphatic heterocycles. The van der Waals surface area contributed by atoms with Gasteiger partial charge < -0.3 is 4.74 Å². The Morgan fingerprint density at radius 1 is 1.00 bits per heavy atom. The van der Waals surface area contributed by atoms with E-state index in [9.17, 15) is 8.42 Å². The van der Waals surface area contributed by atoms with Crippen molar-refractivity contribution in [3.05, 3.63) is 60.2 Å². The zero-order valence-corrected chi connectivity index (χ0v) is 11.4. The third-order valence-electron chi connectivity index (χ3n) is 2.65. The maximum Gasteiger partial charge on any atom is 0.240 e. The quantitative estimate of drug-likeness (QED) is 0.911. The van der Waals surface area contributed by atoms with Gasteiger partial charge in [-0.25, -0.2) is 13.1 Å². The topological polar surface area (TPSA) is 55.4 Å². The molecule has 0 aliphatic carbocycles. The second kappa shape index (κ2) is 5.86. The lowest BCUT2D eigenvalue weighted by molar-refractivity contribution is 0.306. The molecule has 100 valence electrons. The van der Waals surface area contributed by atoms with Crippen LogP contribution < -0.4 is 9.46 Å². The molecule has 5 heteroatoms. The third-order valence-corrected chi connectivity index (χ3v) is 4.08. The molecule has 0 amide bonds. The fraction of sp³-hybridized carbons (Fsp3) is 0.143. The summed E-state index contributed by atoms with van der Waals surface area (Å²) in [6.45, 7) is 0.457. The highest BCUT2D eigenvalue weighted by Gasteiger charge is 2.10. The second-order valence-corrected chi connectivity index (χ2v) is 5.84. The maximum atomic E-state index is 11.5. The lowest BCUT2D eigenvalue weighted by Gasteiger charge is -2.07. The van der Waals surface area contributed by atoms with Crippen LogP contribution in [0.25, 0.3) is 0 Å². The Kier molecular flexibility index (Phi) is 4.19. The number of hydrogen-bond acceptors (Lipinski definition) is 3. The van der Waals surface area contributed by atoms with Gasteiger partial charge in [-0.1, -0.05) is 30.3 Å². The van der Waals surface area contributed by atoms with Crippen LogP contribution >= 0.6 is 0 Å². The standard InChI is InChI=1S/C14H15NO3S/c1-15-19(16,17)14-9-7-13(8-10-14)18-11-12-5-3-2-4-6-12/h2-10,15H,11H2,1H3. The molecule has 0 bridgehead atoms. The summed E-state index contributed by atoms with van der Waals surface area (Å²) >= 11 is 0. The molecule has 0 aliphatic rings. The Labute approximate surface area is 113 Å². The van der Waals surface area contributed by atoms with Gasteiger partial charge in [-0.2, -0.15) is 0 Å². The van der Waals surface area contributed by atoms with Crippen LogP contribution in [-0.2, 0) is 16.6 Å². The summed E-state index contributed by atoms with van der Waals surface area (Å²) in [6.07, 6.45) is 0. The predicted molar refractivity (Wildman–Crippen MR) is 73.5 cm³/mol.